The van der Waals surface area contributed by atoms with Crippen molar-refractivity contribution in [3.8, 4) is 0 Å². The lowest BCUT2D eigenvalue weighted by Crippen LogP contribution is -2.03. The molecule has 1 rings (SSSR count). The van der Waals surface area contributed by atoms with Crippen molar-refractivity contribution in [3.63, 3.8) is 0 Å². The van der Waals surface area contributed by atoms with Crippen molar-refractivity contribution in [1.29, 1.82) is 0 Å². The number of hydrogen-bond acceptors (Lipinski definition) is 3. The van der Waals surface area contributed by atoms with Gasteiger partial charge in [-0.3, -0.25) is 0 Å². The summed E-state index contributed by atoms with van der Waals surface area (Å²) in [5.41, 5.74) is 0.847. The maximum atomic E-state index is 10.9. The van der Waals surface area contributed by atoms with Gasteiger partial charge in [0.05, 0.1) is 7.11 Å². The van der Waals surface area contributed by atoms with Crippen LogP contribution in [0.15, 0.2) is 0 Å². The first-order valence-corrected chi connectivity index (χ1v) is 3.33. The molecule has 0 spiro atoms. The number of aryl methyl sites for hydroxylation is 1. The number of rotatable bonds is 1. The van der Waals surface area contributed by atoms with Crippen LogP contribution in [0.3, 0.4) is 0 Å². The Kier molecular flexibility index (Phi) is 2.14. The number of nitrogens with one attached hydrogen (secondary N) is 1. The van der Waals surface area contributed by atoms with E-state index in [1.807, 2.05) is 0 Å². The Morgan fingerprint density at radius 1 is 1.73 bits per heavy atom. The van der Waals surface area contributed by atoms with Gasteiger partial charge >= 0.3 is 5.97 Å². The molecule has 1 heterocycles. The summed E-state index contributed by atoms with van der Waals surface area (Å²) in [6.45, 7) is 1.70. The standard InChI is InChI=1S/C6H7ClN2O2/c1-3-4(5(10)11-2)9-6(7)8-3/h1-2H3,(H,8,9). The van der Waals surface area contributed by atoms with Crippen LogP contribution in [-0.2, 0) is 4.74 Å². The number of esters is 1. The van der Waals surface area contributed by atoms with E-state index in [4.69, 9.17) is 11.6 Å². The summed E-state index contributed by atoms with van der Waals surface area (Å²) in [6, 6.07) is 0. The molecule has 0 bridgehead atoms. The minimum atomic E-state index is -0.481. The van der Waals surface area contributed by atoms with Crippen molar-refractivity contribution < 1.29 is 9.53 Å². The smallest absolute Gasteiger partial charge is 0.358 e. The van der Waals surface area contributed by atoms with E-state index in [-0.39, 0.29) is 11.0 Å². The lowest BCUT2D eigenvalue weighted by molar-refractivity contribution is 0.0594. The predicted octanol–water partition coefficient (Wildman–Crippen LogP) is 1.16. The van der Waals surface area contributed by atoms with Crippen molar-refractivity contribution in [2.24, 2.45) is 0 Å². The number of aromatic amines is 1. The van der Waals surface area contributed by atoms with Gasteiger partial charge in [-0.15, -0.1) is 0 Å². The quantitative estimate of drug-likeness (QED) is 0.650. The van der Waals surface area contributed by atoms with Gasteiger partial charge in [0.2, 0.25) is 5.28 Å². The molecule has 0 unspecified atom stereocenters. The maximum absolute atomic E-state index is 10.9. The number of imidazole rings is 1. The molecule has 0 aliphatic rings. The van der Waals surface area contributed by atoms with Crippen molar-refractivity contribution in [2.45, 2.75) is 6.92 Å². The highest BCUT2D eigenvalue weighted by Gasteiger charge is 2.13. The van der Waals surface area contributed by atoms with Gasteiger partial charge in [0.25, 0.3) is 0 Å². The summed E-state index contributed by atoms with van der Waals surface area (Å²) in [5.74, 6) is -0.481. The molecular weight excluding hydrogens is 168 g/mol. The Morgan fingerprint density at radius 2 is 2.36 bits per heavy atom. The SMILES string of the molecule is COC(=O)c1nc(Cl)[nH]c1C. The lowest BCUT2D eigenvalue weighted by Gasteiger charge is -1.92. The van der Waals surface area contributed by atoms with Crippen LogP contribution in [0.4, 0.5) is 0 Å². The molecule has 0 radical (unpaired) electrons. The van der Waals surface area contributed by atoms with Gasteiger partial charge in [-0.1, -0.05) is 0 Å². The molecule has 1 aromatic heterocycles. The Labute approximate surface area is 68.5 Å². The van der Waals surface area contributed by atoms with Crippen LogP contribution in [0.1, 0.15) is 16.2 Å². The molecule has 1 N–H and O–H groups in total. The average molecular weight is 175 g/mol. The van der Waals surface area contributed by atoms with Crippen LogP contribution in [0, 0.1) is 6.92 Å². The van der Waals surface area contributed by atoms with Crippen LogP contribution < -0.4 is 0 Å². The molecule has 5 heteroatoms. The minimum absolute atomic E-state index is 0.197. The van der Waals surface area contributed by atoms with Crippen LogP contribution in [-0.4, -0.2) is 23.0 Å². The Hall–Kier alpha value is -1.03. The molecule has 0 aromatic carbocycles. The van der Waals surface area contributed by atoms with Crippen molar-refractivity contribution in [2.75, 3.05) is 7.11 Å². The molecular formula is C6H7ClN2O2. The van der Waals surface area contributed by atoms with E-state index in [9.17, 15) is 4.79 Å². The van der Waals surface area contributed by atoms with Crippen LogP contribution in [0.2, 0.25) is 5.28 Å². The molecule has 0 saturated heterocycles. The van der Waals surface area contributed by atoms with E-state index in [0.29, 0.717) is 5.69 Å². The second-order valence-electron chi connectivity index (χ2n) is 1.99. The first-order valence-electron chi connectivity index (χ1n) is 2.95. The summed E-state index contributed by atoms with van der Waals surface area (Å²) < 4.78 is 4.45. The first-order chi connectivity index (χ1) is 5.15. The normalized spacial score (nSPS) is 9.73. The third-order valence-corrected chi connectivity index (χ3v) is 1.41. The molecule has 0 amide bonds. The number of aromatic nitrogens is 2. The number of hydrogen-bond donors (Lipinski definition) is 1. The number of halogens is 1. The number of methoxy groups -OCH3 is 1. The van der Waals surface area contributed by atoms with Gasteiger partial charge in [-0.2, -0.15) is 0 Å². The van der Waals surface area contributed by atoms with Crippen molar-refractivity contribution in [1.82, 2.24) is 9.97 Å². The van der Waals surface area contributed by atoms with E-state index in [1.165, 1.54) is 7.11 Å². The molecule has 60 valence electrons. The molecule has 0 atom stereocenters. The minimum Gasteiger partial charge on any atom is -0.464 e. The van der Waals surface area contributed by atoms with E-state index >= 15 is 0 Å². The third kappa shape index (κ3) is 1.51. The largest absolute Gasteiger partial charge is 0.464 e. The monoisotopic (exact) mass is 174 g/mol. The van der Waals surface area contributed by atoms with Gasteiger partial charge in [-0.25, -0.2) is 9.78 Å². The number of carbonyl (C=O) groups is 1. The Bertz CT molecular complexity index is 282. The number of nitrogens with zero attached hydrogens (tertiary/aromatic N) is 1. The molecule has 0 aliphatic carbocycles. The number of H-pyrrole nitrogens is 1. The number of carbonyl (C=O) groups excluding carboxylic acids is 1. The Balaban J connectivity index is 3.03. The topological polar surface area (TPSA) is 55.0 Å². The van der Waals surface area contributed by atoms with E-state index in [2.05, 4.69) is 14.7 Å². The Morgan fingerprint density at radius 3 is 2.73 bits per heavy atom. The summed E-state index contributed by atoms with van der Waals surface area (Å²) in [5, 5.41) is 0.197. The van der Waals surface area contributed by atoms with Gasteiger partial charge in [-0.05, 0) is 18.5 Å². The van der Waals surface area contributed by atoms with E-state index in [1.54, 1.807) is 6.92 Å². The highest BCUT2D eigenvalue weighted by Crippen LogP contribution is 2.09. The molecule has 1 aromatic rings. The average Bonchev–Trinajstić information content (AvgIpc) is 2.28. The van der Waals surface area contributed by atoms with E-state index in [0.717, 1.165) is 0 Å². The van der Waals surface area contributed by atoms with Crippen LogP contribution in [0.5, 0.6) is 0 Å². The van der Waals surface area contributed by atoms with E-state index < -0.39 is 5.97 Å². The van der Waals surface area contributed by atoms with Gasteiger partial charge in [0.15, 0.2) is 5.69 Å². The second kappa shape index (κ2) is 2.92. The molecule has 4 nitrogen and oxygen atoms in total. The van der Waals surface area contributed by atoms with Crippen LogP contribution in [0.25, 0.3) is 0 Å². The first kappa shape index (κ1) is 8.07. The zero-order chi connectivity index (χ0) is 8.43. The van der Waals surface area contributed by atoms with Gasteiger partial charge in [0, 0.05) is 5.69 Å². The maximum Gasteiger partial charge on any atom is 0.358 e. The lowest BCUT2D eigenvalue weighted by atomic mass is 10.3. The third-order valence-electron chi connectivity index (χ3n) is 1.23. The highest BCUT2D eigenvalue weighted by molar-refractivity contribution is 6.28. The van der Waals surface area contributed by atoms with Crippen molar-refractivity contribution >= 4 is 17.6 Å². The molecule has 0 fully saturated rings. The predicted molar refractivity (Wildman–Crippen MR) is 39.7 cm³/mol. The summed E-state index contributed by atoms with van der Waals surface area (Å²) in [7, 11) is 1.30. The fourth-order valence-corrected chi connectivity index (χ4v) is 0.946. The van der Waals surface area contributed by atoms with Gasteiger partial charge in [0.1, 0.15) is 0 Å². The summed E-state index contributed by atoms with van der Waals surface area (Å²) in [4.78, 5) is 17.3. The summed E-state index contributed by atoms with van der Waals surface area (Å²) in [6.07, 6.45) is 0. The fraction of sp³-hybridized carbons (Fsp3) is 0.333. The molecule has 0 aliphatic heterocycles. The second-order valence-corrected chi connectivity index (χ2v) is 2.35. The number of ether oxygens (including phenoxy) is 1. The fourth-order valence-electron chi connectivity index (χ4n) is 0.719. The zero-order valence-electron chi connectivity index (χ0n) is 6.14. The van der Waals surface area contributed by atoms with Crippen molar-refractivity contribution in [3.05, 3.63) is 16.7 Å². The van der Waals surface area contributed by atoms with Gasteiger partial charge < -0.3 is 9.72 Å². The zero-order valence-corrected chi connectivity index (χ0v) is 6.90. The highest BCUT2D eigenvalue weighted by atomic mass is 35.5. The van der Waals surface area contributed by atoms with Crippen LogP contribution >= 0.6 is 11.6 Å². The molecule has 0 saturated carbocycles. The summed E-state index contributed by atoms with van der Waals surface area (Å²) >= 11 is 5.49. The molecule has 11 heavy (non-hydrogen) atoms.